The van der Waals surface area contributed by atoms with Gasteiger partial charge in [-0.25, -0.2) is 0 Å². The first kappa shape index (κ1) is 14.3. The summed E-state index contributed by atoms with van der Waals surface area (Å²) in [7, 11) is 0. The molecule has 1 fully saturated rings. The van der Waals surface area contributed by atoms with Gasteiger partial charge >= 0.3 is 0 Å². The predicted octanol–water partition coefficient (Wildman–Crippen LogP) is 2.55. The van der Waals surface area contributed by atoms with Crippen molar-refractivity contribution >= 4 is 17.3 Å². The van der Waals surface area contributed by atoms with Crippen molar-refractivity contribution in [2.45, 2.75) is 32.7 Å². The molecular formula is C14H19N3O3. The standard InChI is InChI=1S/C14H19N3O3/c1-3-15-14(18)11-6-7-13(17(19)20)12(8-11)16-9(2)10-4-5-10/h6-10,16H,3-5H2,1-2H3,(H,15,18). The highest BCUT2D eigenvalue weighted by Crippen LogP contribution is 2.35. The molecule has 1 amide bonds. The third-order valence-corrected chi connectivity index (χ3v) is 3.51. The van der Waals surface area contributed by atoms with Crippen LogP contribution in [-0.4, -0.2) is 23.4 Å². The summed E-state index contributed by atoms with van der Waals surface area (Å²) in [5, 5.41) is 16.9. The normalized spacial score (nSPS) is 15.5. The van der Waals surface area contributed by atoms with Gasteiger partial charge in [-0.15, -0.1) is 0 Å². The molecule has 0 bridgehead atoms. The number of rotatable bonds is 6. The first-order valence-electron chi connectivity index (χ1n) is 6.86. The van der Waals surface area contributed by atoms with E-state index in [2.05, 4.69) is 10.6 Å². The van der Waals surface area contributed by atoms with Gasteiger partial charge in [0.25, 0.3) is 11.6 Å². The van der Waals surface area contributed by atoms with E-state index >= 15 is 0 Å². The fraction of sp³-hybridized carbons (Fsp3) is 0.500. The van der Waals surface area contributed by atoms with Crippen molar-refractivity contribution in [3.63, 3.8) is 0 Å². The molecule has 20 heavy (non-hydrogen) atoms. The maximum Gasteiger partial charge on any atom is 0.292 e. The number of carbonyl (C=O) groups is 1. The lowest BCUT2D eigenvalue weighted by Gasteiger charge is -2.15. The van der Waals surface area contributed by atoms with Crippen molar-refractivity contribution < 1.29 is 9.72 Å². The fourth-order valence-corrected chi connectivity index (χ4v) is 2.17. The zero-order valence-corrected chi connectivity index (χ0v) is 11.7. The lowest BCUT2D eigenvalue weighted by molar-refractivity contribution is -0.384. The maximum absolute atomic E-state index is 11.8. The van der Waals surface area contributed by atoms with Gasteiger partial charge in [0.2, 0.25) is 0 Å². The van der Waals surface area contributed by atoms with E-state index in [0.717, 1.165) is 12.8 Å². The molecule has 2 N–H and O–H groups in total. The second kappa shape index (κ2) is 5.90. The SMILES string of the molecule is CCNC(=O)c1ccc([N+](=O)[O-])c(NC(C)C2CC2)c1. The van der Waals surface area contributed by atoms with E-state index < -0.39 is 4.92 Å². The molecule has 1 saturated carbocycles. The first-order chi connectivity index (χ1) is 9.52. The number of nitrogens with one attached hydrogen (secondary N) is 2. The Morgan fingerprint density at radius 3 is 2.75 bits per heavy atom. The minimum atomic E-state index is -0.427. The van der Waals surface area contributed by atoms with Crippen LogP contribution in [0, 0.1) is 16.0 Å². The Hall–Kier alpha value is -2.11. The van der Waals surface area contributed by atoms with Gasteiger partial charge in [0.05, 0.1) is 4.92 Å². The number of nitrogens with zero attached hydrogens (tertiary/aromatic N) is 1. The van der Waals surface area contributed by atoms with Crippen LogP contribution in [-0.2, 0) is 0 Å². The first-order valence-corrected chi connectivity index (χ1v) is 6.86. The number of carbonyl (C=O) groups excluding carboxylic acids is 1. The molecule has 0 aliphatic heterocycles. The van der Waals surface area contributed by atoms with Crippen LogP contribution >= 0.6 is 0 Å². The van der Waals surface area contributed by atoms with Crippen LogP contribution in [0.3, 0.4) is 0 Å². The van der Waals surface area contributed by atoms with Crippen molar-refractivity contribution in [2.24, 2.45) is 5.92 Å². The number of hydrogen-bond donors (Lipinski definition) is 2. The molecule has 1 unspecified atom stereocenters. The summed E-state index contributed by atoms with van der Waals surface area (Å²) >= 11 is 0. The topological polar surface area (TPSA) is 84.3 Å². The van der Waals surface area contributed by atoms with Crippen molar-refractivity contribution in [2.75, 3.05) is 11.9 Å². The Bertz CT molecular complexity index is 526. The van der Waals surface area contributed by atoms with Crippen LogP contribution in [0.25, 0.3) is 0 Å². The Labute approximate surface area is 117 Å². The highest BCUT2D eigenvalue weighted by molar-refractivity contribution is 5.95. The Morgan fingerprint density at radius 1 is 1.50 bits per heavy atom. The molecule has 0 spiro atoms. The second-order valence-electron chi connectivity index (χ2n) is 5.12. The van der Waals surface area contributed by atoms with Crippen molar-refractivity contribution in [3.05, 3.63) is 33.9 Å². The third-order valence-electron chi connectivity index (χ3n) is 3.51. The minimum absolute atomic E-state index is 0.00514. The summed E-state index contributed by atoms with van der Waals surface area (Å²) in [5.41, 5.74) is 0.853. The molecule has 1 aliphatic rings. The highest BCUT2D eigenvalue weighted by Gasteiger charge is 2.29. The molecule has 1 aromatic carbocycles. The van der Waals surface area contributed by atoms with E-state index in [1.54, 1.807) is 6.07 Å². The predicted molar refractivity (Wildman–Crippen MR) is 76.9 cm³/mol. The van der Waals surface area contributed by atoms with Gasteiger partial charge in [0, 0.05) is 24.2 Å². The van der Waals surface area contributed by atoms with Crippen LogP contribution in [0.1, 0.15) is 37.0 Å². The van der Waals surface area contributed by atoms with Crippen LogP contribution in [0.4, 0.5) is 11.4 Å². The number of amides is 1. The monoisotopic (exact) mass is 277 g/mol. The maximum atomic E-state index is 11.8. The van der Waals surface area contributed by atoms with Crippen LogP contribution in [0.15, 0.2) is 18.2 Å². The number of nitro groups is 1. The highest BCUT2D eigenvalue weighted by atomic mass is 16.6. The number of nitro benzene ring substituents is 1. The molecule has 0 heterocycles. The Kier molecular flexibility index (Phi) is 4.22. The average Bonchev–Trinajstić information content (AvgIpc) is 3.22. The van der Waals surface area contributed by atoms with E-state index in [4.69, 9.17) is 0 Å². The molecular weight excluding hydrogens is 258 g/mol. The molecule has 0 radical (unpaired) electrons. The van der Waals surface area contributed by atoms with Gasteiger partial charge in [-0.2, -0.15) is 0 Å². The largest absolute Gasteiger partial charge is 0.377 e. The smallest absolute Gasteiger partial charge is 0.292 e. The summed E-state index contributed by atoms with van der Waals surface area (Å²) in [6.45, 7) is 4.37. The van der Waals surface area contributed by atoms with Gasteiger partial charge in [-0.3, -0.25) is 14.9 Å². The zero-order valence-electron chi connectivity index (χ0n) is 11.7. The van der Waals surface area contributed by atoms with E-state index in [0.29, 0.717) is 23.7 Å². The molecule has 0 saturated heterocycles. The van der Waals surface area contributed by atoms with Crippen LogP contribution in [0.2, 0.25) is 0 Å². The minimum Gasteiger partial charge on any atom is -0.377 e. The third kappa shape index (κ3) is 3.26. The van der Waals surface area contributed by atoms with Gasteiger partial charge in [0.15, 0.2) is 0 Å². The van der Waals surface area contributed by atoms with Crippen LogP contribution < -0.4 is 10.6 Å². The Balaban J connectivity index is 2.26. The number of hydrogen-bond acceptors (Lipinski definition) is 4. The lowest BCUT2D eigenvalue weighted by atomic mass is 10.1. The quantitative estimate of drug-likeness (QED) is 0.618. The molecule has 6 nitrogen and oxygen atoms in total. The summed E-state index contributed by atoms with van der Waals surface area (Å²) in [6, 6.07) is 4.60. The van der Waals surface area contributed by atoms with E-state index in [1.807, 2.05) is 13.8 Å². The molecule has 6 heteroatoms. The van der Waals surface area contributed by atoms with Gasteiger partial charge in [0.1, 0.15) is 5.69 Å². The van der Waals surface area contributed by atoms with E-state index in [1.165, 1.54) is 12.1 Å². The second-order valence-corrected chi connectivity index (χ2v) is 5.12. The molecule has 1 atom stereocenters. The molecule has 1 aromatic rings. The molecule has 1 aliphatic carbocycles. The summed E-state index contributed by atoms with van der Waals surface area (Å²) in [5.74, 6) is 0.354. The van der Waals surface area contributed by atoms with Crippen LogP contribution in [0.5, 0.6) is 0 Å². The summed E-state index contributed by atoms with van der Waals surface area (Å²) < 4.78 is 0. The van der Waals surface area contributed by atoms with Gasteiger partial charge in [-0.05, 0) is 44.7 Å². The van der Waals surface area contributed by atoms with Crippen molar-refractivity contribution in [1.82, 2.24) is 5.32 Å². The molecule has 2 rings (SSSR count). The van der Waals surface area contributed by atoms with Crippen molar-refractivity contribution in [1.29, 1.82) is 0 Å². The number of anilines is 1. The number of benzene rings is 1. The summed E-state index contributed by atoms with van der Waals surface area (Å²) in [4.78, 5) is 22.4. The van der Waals surface area contributed by atoms with Gasteiger partial charge < -0.3 is 10.6 Å². The Morgan fingerprint density at radius 2 is 2.20 bits per heavy atom. The van der Waals surface area contributed by atoms with E-state index in [-0.39, 0.29) is 17.6 Å². The van der Waals surface area contributed by atoms with Crippen molar-refractivity contribution in [3.8, 4) is 0 Å². The molecule has 108 valence electrons. The van der Waals surface area contributed by atoms with Gasteiger partial charge in [-0.1, -0.05) is 0 Å². The summed E-state index contributed by atoms with van der Waals surface area (Å²) in [6.07, 6.45) is 2.30. The average molecular weight is 277 g/mol. The molecule has 0 aromatic heterocycles. The fourth-order valence-electron chi connectivity index (χ4n) is 2.17. The zero-order chi connectivity index (χ0) is 14.7. The van der Waals surface area contributed by atoms with E-state index in [9.17, 15) is 14.9 Å². The lowest BCUT2D eigenvalue weighted by Crippen LogP contribution is -2.23.